The highest BCUT2D eigenvalue weighted by Crippen LogP contribution is 2.49. The maximum Gasteiger partial charge on any atom is 0.170 e. The Hall–Kier alpha value is -1.42. The van der Waals surface area contributed by atoms with E-state index in [0.29, 0.717) is 13.2 Å². The van der Waals surface area contributed by atoms with E-state index in [2.05, 4.69) is 0 Å². The van der Waals surface area contributed by atoms with E-state index in [0.717, 1.165) is 48.5 Å². The number of hydrogen-bond donors (Lipinski definition) is 1. The monoisotopic (exact) mass is 249 g/mol. The maximum absolute atomic E-state index is 6.57. The van der Waals surface area contributed by atoms with E-state index in [-0.39, 0.29) is 5.54 Å². The number of methoxy groups -OCH3 is 1. The Morgan fingerprint density at radius 2 is 1.89 bits per heavy atom. The molecular formula is C14H19NO3. The summed E-state index contributed by atoms with van der Waals surface area (Å²) >= 11 is 0. The molecule has 4 heteroatoms. The van der Waals surface area contributed by atoms with E-state index in [4.69, 9.17) is 19.9 Å². The third-order valence-electron chi connectivity index (χ3n) is 3.88. The molecule has 98 valence electrons. The molecule has 0 spiro atoms. The molecule has 0 aromatic heterocycles. The Bertz CT molecular complexity index is 453. The molecule has 0 amide bonds. The second kappa shape index (κ2) is 4.35. The predicted octanol–water partition coefficient (Wildman–Crippen LogP) is 2.19. The molecule has 1 fully saturated rings. The van der Waals surface area contributed by atoms with Gasteiger partial charge in [-0.1, -0.05) is 12.8 Å². The molecule has 3 rings (SSSR count). The van der Waals surface area contributed by atoms with Crippen molar-refractivity contribution in [3.63, 3.8) is 0 Å². The van der Waals surface area contributed by atoms with Crippen LogP contribution in [0.3, 0.4) is 0 Å². The molecule has 0 radical (unpaired) electrons. The van der Waals surface area contributed by atoms with Gasteiger partial charge >= 0.3 is 0 Å². The second-order valence-electron chi connectivity index (χ2n) is 5.03. The average molecular weight is 249 g/mol. The van der Waals surface area contributed by atoms with Crippen LogP contribution in [0.4, 0.5) is 0 Å². The first-order chi connectivity index (χ1) is 8.74. The number of hydrogen-bond acceptors (Lipinski definition) is 4. The Labute approximate surface area is 107 Å². The lowest BCUT2D eigenvalue weighted by molar-refractivity contribution is 0.165. The van der Waals surface area contributed by atoms with Crippen molar-refractivity contribution in [1.82, 2.24) is 0 Å². The fourth-order valence-corrected chi connectivity index (χ4v) is 3.00. The van der Waals surface area contributed by atoms with Gasteiger partial charge in [-0.25, -0.2) is 0 Å². The van der Waals surface area contributed by atoms with Crippen LogP contribution in [0.5, 0.6) is 17.2 Å². The van der Waals surface area contributed by atoms with Crippen LogP contribution in [-0.4, -0.2) is 20.3 Å². The average Bonchev–Trinajstić information content (AvgIpc) is 2.85. The summed E-state index contributed by atoms with van der Waals surface area (Å²) in [4.78, 5) is 0. The Morgan fingerprint density at radius 3 is 2.61 bits per heavy atom. The summed E-state index contributed by atoms with van der Waals surface area (Å²) in [6, 6.07) is 3.82. The Balaban J connectivity index is 2.15. The van der Waals surface area contributed by atoms with Crippen LogP contribution in [0.25, 0.3) is 0 Å². The summed E-state index contributed by atoms with van der Waals surface area (Å²) in [6.45, 7) is 1.17. The molecule has 0 unspecified atom stereocenters. The quantitative estimate of drug-likeness (QED) is 0.873. The lowest BCUT2D eigenvalue weighted by atomic mass is 9.87. The van der Waals surface area contributed by atoms with Gasteiger partial charge in [0.05, 0.1) is 12.7 Å². The van der Waals surface area contributed by atoms with Gasteiger partial charge in [0.15, 0.2) is 11.5 Å². The van der Waals surface area contributed by atoms with Crippen molar-refractivity contribution in [3.05, 3.63) is 17.7 Å². The molecule has 1 saturated carbocycles. The smallest absolute Gasteiger partial charge is 0.170 e. The van der Waals surface area contributed by atoms with Crippen LogP contribution in [0.2, 0.25) is 0 Å². The minimum Gasteiger partial charge on any atom is -0.496 e. The van der Waals surface area contributed by atoms with E-state index >= 15 is 0 Å². The van der Waals surface area contributed by atoms with Crippen LogP contribution in [-0.2, 0) is 5.54 Å². The zero-order valence-corrected chi connectivity index (χ0v) is 10.7. The van der Waals surface area contributed by atoms with Crippen LogP contribution in [0.1, 0.15) is 31.2 Å². The molecule has 1 aromatic carbocycles. The third kappa shape index (κ3) is 1.72. The fourth-order valence-electron chi connectivity index (χ4n) is 3.00. The standard InChI is InChI=1S/C14H19NO3/c1-16-10-4-5-11-13(18-9-8-17-11)12(10)14(15)6-2-3-7-14/h4-5H,2-3,6-9,15H2,1H3. The van der Waals surface area contributed by atoms with Gasteiger partial charge in [0.2, 0.25) is 0 Å². The zero-order chi connectivity index (χ0) is 12.6. The molecule has 18 heavy (non-hydrogen) atoms. The lowest BCUT2D eigenvalue weighted by Crippen LogP contribution is -2.35. The highest BCUT2D eigenvalue weighted by atomic mass is 16.6. The van der Waals surface area contributed by atoms with Gasteiger partial charge < -0.3 is 19.9 Å². The van der Waals surface area contributed by atoms with E-state index in [1.54, 1.807) is 7.11 Å². The molecular weight excluding hydrogens is 230 g/mol. The molecule has 0 bridgehead atoms. The topological polar surface area (TPSA) is 53.7 Å². The number of fused-ring (bicyclic) bond motifs is 1. The summed E-state index contributed by atoms with van der Waals surface area (Å²) in [5.41, 5.74) is 7.22. The van der Waals surface area contributed by atoms with Crippen molar-refractivity contribution in [2.24, 2.45) is 5.73 Å². The summed E-state index contributed by atoms with van der Waals surface area (Å²) in [5, 5.41) is 0. The number of nitrogens with two attached hydrogens (primary N) is 1. The predicted molar refractivity (Wildman–Crippen MR) is 68.3 cm³/mol. The third-order valence-corrected chi connectivity index (χ3v) is 3.88. The minimum atomic E-state index is -0.336. The molecule has 0 saturated heterocycles. The van der Waals surface area contributed by atoms with Gasteiger partial charge in [-0.2, -0.15) is 0 Å². The molecule has 2 aliphatic rings. The van der Waals surface area contributed by atoms with E-state index < -0.39 is 0 Å². The fraction of sp³-hybridized carbons (Fsp3) is 0.571. The van der Waals surface area contributed by atoms with Gasteiger partial charge in [0.1, 0.15) is 19.0 Å². The molecule has 2 N–H and O–H groups in total. The number of ether oxygens (including phenoxy) is 3. The van der Waals surface area contributed by atoms with E-state index in [9.17, 15) is 0 Å². The molecule has 1 aliphatic heterocycles. The molecule has 0 atom stereocenters. The van der Waals surface area contributed by atoms with Crippen molar-refractivity contribution in [2.75, 3.05) is 20.3 Å². The summed E-state index contributed by atoms with van der Waals surface area (Å²) < 4.78 is 16.9. The van der Waals surface area contributed by atoms with Gasteiger partial charge in [0.25, 0.3) is 0 Å². The van der Waals surface area contributed by atoms with Crippen molar-refractivity contribution >= 4 is 0 Å². The number of rotatable bonds is 2. The van der Waals surface area contributed by atoms with Crippen LogP contribution in [0.15, 0.2) is 12.1 Å². The van der Waals surface area contributed by atoms with Crippen LogP contribution in [0, 0.1) is 0 Å². The van der Waals surface area contributed by atoms with Gasteiger partial charge in [-0.15, -0.1) is 0 Å². The minimum absolute atomic E-state index is 0.336. The van der Waals surface area contributed by atoms with Crippen molar-refractivity contribution in [3.8, 4) is 17.2 Å². The molecule has 4 nitrogen and oxygen atoms in total. The van der Waals surface area contributed by atoms with Crippen molar-refractivity contribution in [2.45, 2.75) is 31.2 Å². The molecule has 1 aromatic rings. The molecule has 1 heterocycles. The Kier molecular flexibility index (Phi) is 2.82. The highest BCUT2D eigenvalue weighted by Gasteiger charge is 2.38. The first-order valence-corrected chi connectivity index (χ1v) is 6.50. The summed E-state index contributed by atoms with van der Waals surface area (Å²) in [6.07, 6.45) is 4.26. The molecule has 1 aliphatic carbocycles. The van der Waals surface area contributed by atoms with Crippen molar-refractivity contribution in [1.29, 1.82) is 0 Å². The largest absolute Gasteiger partial charge is 0.496 e. The second-order valence-corrected chi connectivity index (χ2v) is 5.03. The van der Waals surface area contributed by atoms with Gasteiger partial charge in [-0.3, -0.25) is 0 Å². The zero-order valence-electron chi connectivity index (χ0n) is 10.7. The van der Waals surface area contributed by atoms with Gasteiger partial charge in [-0.05, 0) is 25.0 Å². The summed E-state index contributed by atoms with van der Waals surface area (Å²) in [7, 11) is 1.67. The van der Waals surface area contributed by atoms with Gasteiger partial charge in [0, 0.05) is 5.54 Å². The van der Waals surface area contributed by atoms with E-state index in [1.165, 1.54) is 0 Å². The van der Waals surface area contributed by atoms with Crippen LogP contribution < -0.4 is 19.9 Å². The SMILES string of the molecule is COc1ccc2c(c1C1(N)CCCC1)OCCO2. The van der Waals surface area contributed by atoms with E-state index in [1.807, 2.05) is 12.1 Å². The van der Waals surface area contributed by atoms with Crippen molar-refractivity contribution < 1.29 is 14.2 Å². The first kappa shape index (κ1) is 11.7. The maximum atomic E-state index is 6.57. The number of benzene rings is 1. The lowest BCUT2D eigenvalue weighted by Gasteiger charge is -2.31. The normalized spacial score (nSPS) is 20.8. The highest BCUT2D eigenvalue weighted by molar-refractivity contribution is 5.57. The Morgan fingerprint density at radius 1 is 1.17 bits per heavy atom. The summed E-state index contributed by atoms with van der Waals surface area (Å²) in [5.74, 6) is 2.38. The first-order valence-electron chi connectivity index (χ1n) is 6.50. The van der Waals surface area contributed by atoms with Crippen LogP contribution >= 0.6 is 0 Å².